The van der Waals surface area contributed by atoms with Gasteiger partial charge in [0.2, 0.25) is 10.0 Å². The Bertz CT molecular complexity index is 844. The molecule has 2 rings (SSSR count). The predicted molar refractivity (Wildman–Crippen MR) is 100 cm³/mol. The normalized spacial score (nSPS) is 11.7. The molecule has 0 aliphatic rings. The first-order valence-electron chi connectivity index (χ1n) is 8.50. The molecule has 0 radical (unpaired) electrons. The van der Waals surface area contributed by atoms with Crippen molar-refractivity contribution in [2.45, 2.75) is 31.8 Å². The first-order chi connectivity index (χ1) is 12.4. The number of carboxylic acid groups (broad SMARTS) is 1. The number of nitrogens with one attached hydrogen (secondary N) is 1. The number of sulfonamides is 1. The summed E-state index contributed by atoms with van der Waals surface area (Å²) in [5, 5.41) is 12.2. The summed E-state index contributed by atoms with van der Waals surface area (Å²) in [4.78, 5) is 11.3. The van der Waals surface area contributed by atoms with Crippen LogP contribution in [-0.2, 0) is 23.1 Å². The van der Waals surface area contributed by atoms with Crippen LogP contribution < -0.4 is 5.32 Å². The molecule has 0 fully saturated rings. The molecular weight excluding hydrogens is 352 g/mol. The van der Waals surface area contributed by atoms with Crippen LogP contribution in [0.25, 0.3) is 0 Å². The van der Waals surface area contributed by atoms with E-state index in [0.29, 0.717) is 31.1 Å². The van der Waals surface area contributed by atoms with Crippen LogP contribution in [0.3, 0.4) is 0 Å². The second kappa shape index (κ2) is 8.93. The Morgan fingerprint density at radius 3 is 2.19 bits per heavy atom. The summed E-state index contributed by atoms with van der Waals surface area (Å²) in [6.45, 7) is 5.61. The molecule has 26 heavy (non-hydrogen) atoms. The second-order valence-corrected chi connectivity index (χ2v) is 7.78. The molecule has 0 saturated carbocycles. The smallest absolute Gasteiger partial charge is 0.335 e. The number of benzene rings is 2. The minimum atomic E-state index is -3.44. The van der Waals surface area contributed by atoms with Gasteiger partial charge >= 0.3 is 5.97 Å². The van der Waals surface area contributed by atoms with Crippen molar-refractivity contribution in [1.82, 2.24) is 9.62 Å². The number of rotatable bonds is 9. The Morgan fingerprint density at radius 2 is 1.62 bits per heavy atom. The van der Waals surface area contributed by atoms with Crippen molar-refractivity contribution in [3.63, 3.8) is 0 Å². The average Bonchev–Trinajstić information content (AvgIpc) is 2.63. The molecule has 2 N–H and O–H groups in total. The highest BCUT2D eigenvalue weighted by atomic mass is 32.2. The van der Waals surface area contributed by atoms with Crippen molar-refractivity contribution in [3.05, 3.63) is 65.2 Å². The molecule has 140 valence electrons. The fraction of sp³-hybridized carbons (Fsp3) is 0.316. The fourth-order valence-electron chi connectivity index (χ4n) is 2.66. The molecule has 2 aromatic carbocycles. The van der Waals surface area contributed by atoms with Gasteiger partial charge in [-0.25, -0.2) is 13.2 Å². The lowest BCUT2D eigenvalue weighted by molar-refractivity contribution is 0.0696. The maximum atomic E-state index is 12.5. The van der Waals surface area contributed by atoms with Gasteiger partial charge in [0, 0.05) is 26.2 Å². The summed E-state index contributed by atoms with van der Waals surface area (Å²) in [5.41, 5.74) is 2.10. The van der Waals surface area contributed by atoms with Crippen molar-refractivity contribution in [1.29, 1.82) is 0 Å². The van der Waals surface area contributed by atoms with Gasteiger partial charge in [-0.1, -0.05) is 38.1 Å². The van der Waals surface area contributed by atoms with E-state index in [9.17, 15) is 13.2 Å². The Kier molecular flexibility index (Phi) is 6.90. The minimum absolute atomic E-state index is 0.260. The molecule has 6 nitrogen and oxygen atoms in total. The lowest BCUT2D eigenvalue weighted by atomic mass is 10.1. The van der Waals surface area contributed by atoms with Crippen LogP contribution in [0, 0.1) is 0 Å². The van der Waals surface area contributed by atoms with E-state index in [2.05, 4.69) is 5.32 Å². The van der Waals surface area contributed by atoms with Crippen LogP contribution in [0.5, 0.6) is 0 Å². The molecule has 0 atom stereocenters. The zero-order valence-electron chi connectivity index (χ0n) is 15.0. The maximum absolute atomic E-state index is 12.5. The van der Waals surface area contributed by atoms with Gasteiger partial charge < -0.3 is 10.4 Å². The summed E-state index contributed by atoms with van der Waals surface area (Å²) >= 11 is 0. The molecule has 0 amide bonds. The number of aromatic carboxylic acids is 1. The third-order valence-corrected chi connectivity index (χ3v) is 6.16. The third-order valence-electron chi connectivity index (χ3n) is 4.10. The molecule has 0 aromatic heterocycles. The molecule has 0 spiro atoms. The Morgan fingerprint density at radius 1 is 1.00 bits per heavy atom. The molecule has 0 heterocycles. The van der Waals surface area contributed by atoms with Gasteiger partial charge in [0.1, 0.15) is 0 Å². The van der Waals surface area contributed by atoms with Gasteiger partial charge in [0.15, 0.2) is 0 Å². The van der Waals surface area contributed by atoms with Crippen LogP contribution in [-0.4, -0.2) is 36.9 Å². The summed E-state index contributed by atoms with van der Waals surface area (Å²) in [6, 6.07) is 13.6. The van der Waals surface area contributed by atoms with Crippen LogP contribution >= 0.6 is 0 Å². The van der Waals surface area contributed by atoms with Gasteiger partial charge in [-0.05, 0) is 35.4 Å². The van der Waals surface area contributed by atoms with E-state index in [1.807, 2.05) is 19.9 Å². The average molecular weight is 376 g/mol. The van der Waals surface area contributed by atoms with Crippen molar-refractivity contribution < 1.29 is 18.3 Å². The van der Waals surface area contributed by atoms with E-state index in [4.69, 9.17) is 5.11 Å². The van der Waals surface area contributed by atoms with E-state index >= 15 is 0 Å². The molecule has 2 aromatic rings. The highest BCUT2D eigenvalue weighted by Crippen LogP contribution is 2.16. The lowest BCUT2D eigenvalue weighted by Crippen LogP contribution is -2.30. The minimum Gasteiger partial charge on any atom is -0.478 e. The van der Waals surface area contributed by atoms with E-state index in [1.165, 1.54) is 4.31 Å². The molecule has 0 aliphatic carbocycles. The maximum Gasteiger partial charge on any atom is 0.335 e. The molecule has 0 bridgehead atoms. The number of carbonyl (C=O) groups is 1. The van der Waals surface area contributed by atoms with Gasteiger partial charge in [-0.3, -0.25) is 0 Å². The van der Waals surface area contributed by atoms with E-state index in [1.54, 1.807) is 42.5 Å². The van der Waals surface area contributed by atoms with Gasteiger partial charge in [-0.2, -0.15) is 4.31 Å². The van der Waals surface area contributed by atoms with E-state index < -0.39 is 16.0 Å². The standard InChI is InChI=1S/C19H24N2O4S/c1-3-21(4-2)26(24,25)18-10-8-15(9-11-18)13-20-14-16-6-5-7-17(12-16)19(22)23/h5-12,20H,3-4,13-14H2,1-2H3,(H,22,23). The number of hydrogen-bond donors (Lipinski definition) is 2. The topological polar surface area (TPSA) is 86.7 Å². The van der Waals surface area contributed by atoms with Gasteiger partial charge in [-0.15, -0.1) is 0 Å². The Labute approximate surface area is 154 Å². The Balaban J connectivity index is 1.98. The van der Waals surface area contributed by atoms with E-state index in [0.717, 1.165) is 11.1 Å². The largest absolute Gasteiger partial charge is 0.478 e. The van der Waals surface area contributed by atoms with Crippen molar-refractivity contribution in [2.24, 2.45) is 0 Å². The van der Waals surface area contributed by atoms with Crippen molar-refractivity contribution in [2.75, 3.05) is 13.1 Å². The monoisotopic (exact) mass is 376 g/mol. The van der Waals surface area contributed by atoms with Crippen LogP contribution in [0.2, 0.25) is 0 Å². The number of hydrogen-bond acceptors (Lipinski definition) is 4. The van der Waals surface area contributed by atoms with Crippen LogP contribution in [0.1, 0.15) is 35.3 Å². The lowest BCUT2D eigenvalue weighted by Gasteiger charge is -2.18. The summed E-state index contributed by atoms with van der Waals surface area (Å²) in [5.74, 6) is -0.947. The van der Waals surface area contributed by atoms with Crippen molar-refractivity contribution in [3.8, 4) is 0 Å². The summed E-state index contributed by atoms with van der Waals surface area (Å²) in [7, 11) is -3.44. The first-order valence-corrected chi connectivity index (χ1v) is 9.94. The highest BCUT2D eigenvalue weighted by Gasteiger charge is 2.20. The van der Waals surface area contributed by atoms with Gasteiger partial charge in [0.05, 0.1) is 10.5 Å². The third kappa shape index (κ3) is 4.91. The highest BCUT2D eigenvalue weighted by molar-refractivity contribution is 7.89. The summed E-state index contributed by atoms with van der Waals surface area (Å²) in [6.07, 6.45) is 0. The molecule has 0 saturated heterocycles. The second-order valence-electron chi connectivity index (χ2n) is 5.84. The quantitative estimate of drug-likeness (QED) is 0.703. The zero-order valence-corrected chi connectivity index (χ0v) is 15.8. The first kappa shape index (κ1) is 20.1. The molecular formula is C19H24N2O4S. The molecule has 0 unspecified atom stereocenters. The predicted octanol–water partition coefficient (Wildman–Crippen LogP) is 2.71. The van der Waals surface area contributed by atoms with Crippen molar-refractivity contribution >= 4 is 16.0 Å². The fourth-order valence-corrected chi connectivity index (χ4v) is 4.12. The molecule has 7 heteroatoms. The van der Waals surface area contributed by atoms with Crippen LogP contribution in [0.15, 0.2) is 53.4 Å². The van der Waals surface area contributed by atoms with E-state index in [-0.39, 0.29) is 5.56 Å². The van der Waals surface area contributed by atoms with Crippen LogP contribution in [0.4, 0.5) is 0 Å². The summed E-state index contributed by atoms with van der Waals surface area (Å²) < 4.78 is 26.3. The SMILES string of the molecule is CCN(CC)S(=O)(=O)c1ccc(CNCc2cccc(C(=O)O)c2)cc1. The zero-order chi connectivity index (χ0) is 19.2. The molecule has 0 aliphatic heterocycles. The Hall–Kier alpha value is -2.22. The number of nitrogens with zero attached hydrogens (tertiary/aromatic N) is 1. The van der Waals surface area contributed by atoms with Gasteiger partial charge in [0.25, 0.3) is 0 Å². The number of carboxylic acids is 1.